The molecule has 1 unspecified atom stereocenters. The number of aliphatic carboxylic acids is 1. The van der Waals surface area contributed by atoms with E-state index in [4.69, 9.17) is 9.84 Å². The highest BCUT2D eigenvalue weighted by atomic mass is 16.5. The number of carbonyl (C=O) groups excluding carboxylic acids is 1. The fourth-order valence-electron chi connectivity index (χ4n) is 1.79. The monoisotopic (exact) mass is 304 g/mol. The average Bonchev–Trinajstić information content (AvgIpc) is 3.02. The number of nitrogens with zero attached hydrogens (tertiary/aromatic N) is 3. The molecule has 8 heteroatoms. The molecule has 1 amide bonds. The third kappa shape index (κ3) is 3.89. The molecule has 1 heterocycles. The number of methoxy groups -OCH3 is 1. The van der Waals surface area contributed by atoms with Gasteiger partial charge in [0.25, 0.3) is 5.91 Å². The Kier molecular flexibility index (Phi) is 5.21. The van der Waals surface area contributed by atoms with Crippen molar-refractivity contribution in [3.8, 4) is 5.69 Å². The van der Waals surface area contributed by atoms with E-state index in [-0.39, 0.29) is 18.9 Å². The average molecular weight is 304 g/mol. The molecule has 0 radical (unpaired) electrons. The van der Waals surface area contributed by atoms with Gasteiger partial charge < -0.3 is 15.2 Å². The van der Waals surface area contributed by atoms with Crippen molar-refractivity contribution in [3.63, 3.8) is 0 Å². The number of hydrogen-bond donors (Lipinski definition) is 2. The second kappa shape index (κ2) is 7.32. The summed E-state index contributed by atoms with van der Waals surface area (Å²) in [5.74, 6) is -1.86. The van der Waals surface area contributed by atoms with Gasteiger partial charge in [0.2, 0.25) is 5.82 Å². The molecule has 0 spiro atoms. The normalized spacial score (nSPS) is 11.9. The smallest absolute Gasteiger partial charge is 0.326 e. The highest BCUT2D eigenvalue weighted by Crippen LogP contribution is 2.05. The van der Waals surface area contributed by atoms with Gasteiger partial charge in [0, 0.05) is 20.1 Å². The molecule has 22 heavy (non-hydrogen) atoms. The van der Waals surface area contributed by atoms with E-state index < -0.39 is 17.9 Å². The minimum Gasteiger partial charge on any atom is -0.480 e. The van der Waals surface area contributed by atoms with Crippen molar-refractivity contribution < 1.29 is 19.4 Å². The number of ether oxygens (including phenoxy) is 1. The van der Waals surface area contributed by atoms with Gasteiger partial charge in [-0.25, -0.2) is 14.5 Å². The summed E-state index contributed by atoms with van der Waals surface area (Å²) in [6.07, 6.45) is 1.56. The van der Waals surface area contributed by atoms with Gasteiger partial charge in [-0.15, -0.1) is 5.10 Å². The van der Waals surface area contributed by atoms with Crippen LogP contribution in [-0.2, 0) is 9.53 Å². The van der Waals surface area contributed by atoms with Crippen LogP contribution < -0.4 is 5.32 Å². The van der Waals surface area contributed by atoms with Crippen LogP contribution in [0, 0.1) is 0 Å². The summed E-state index contributed by atoms with van der Waals surface area (Å²) in [6, 6.07) is 8.12. The molecule has 2 aromatic rings. The van der Waals surface area contributed by atoms with Gasteiger partial charge in [-0.05, 0) is 12.1 Å². The zero-order valence-electron chi connectivity index (χ0n) is 12.0. The lowest BCUT2D eigenvalue weighted by molar-refractivity contribution is -0.139. The van der Waals surface area contributed by atoms with Gasteiger partial charge >= 0.3 is 5.97 Å². The zero-order valence-corrected chi connectivity index (χ0v) is 12.0. The molecule has 0 saturated heterocycles. The van der Waals surface area contributed by atoms with Gasteiger partial charge in [-0.1, -0.05) is 18.2 Å². The number of carboxylic acids is 1. The standard InChI is InChI=1S/C14H16N4O4/c1-22-8-7-11(14(20)21)16-13(19)12-15-9-18(17-12)10-5-3-2-4-6-10/h2-6,9,11H,7-8H2,1H3,(H,16,19)(H,20,21). The third-order valence-corrected chi connectivity index (χ3v) is 2.93. The van der Waals surface area contributed by atoms with Gasteiger partial charge in [-0.2, -0.15) is 0 Å². The first-order chi connectivity index (χ1) is 10.6. The lowest BCUT2D eigenvalue weighted by atomic mass is 10.2. The molecule has 1 aromatic heterocycles. The number of nitrogens with one attached hydrogen (secondary N) is 1. The van der Waals surface area contributed by atoms with E-state index in [2.05, 4.69) is 15.4 Å². The summed E-state index contributed by atoms with van der Waals surface area (Å²) in [6.45, 7) is 0.225. The van der Waals surface area contributed by atoms with Crippen molar-refractivity contribution in [2.45, 2.75) is 12.5 Å². The van der Waals surface area contributed by atoms with Gasteiger partial charge in [-0.3, -0.25) is 4.79 Å². The topological polar surface area (TPSA) is 106 Å². The molecule has 1 atom stereocenters. The maximum Gasteiger partial charge on any atom is 0.326 e. The number of rotatable bonds is 7. The Morgan fingerprint density at radius 1 is 1.36 bits per heavy atom. The molecular formula is C14H16N4O4. The number of aromatic nitrogens is 3. The number of para-hydroxylation sites is 1. The fourth-order valence-corrected chi connectivity index (χ4v) is 1.79. The minimum atomic E-state index is -1.13. The predicted molar refractivity (Wildman–Crippen MR) is 76.7 cm³/mol. The van der Waals surface area contributed by atoms with Crippen molar-refractivity contribution in [2.24, 2.45) is 0 Å². The molecule has 0 saturated carbocycles. The zero-order chi connectivity index (χ0) is 15.9. The lowest BCUT2D eigenvalue weighted by Gasteiger charge is -2.12. The number of carboxylic acid groups (broad SMARTS) is 1. The quantitative estimate of drug-likeness (QED) is 0.771. The highest BCUT2D eigenvalue weighted by molar-refractivity contribution is 5.93. The highest BCUT2D eigenvalue weighted by Gasteiger charge is 2.22. The van der Waals surface area contributed by atoms with E-state index >= 15 is 0 Å². The first-order valence-electron chi connectivity index (χ1n) is 6.61. The fraction of sp³-hybridized carbons (Fsp3) is 0.286. The SMILES string of the molecule is COCCC(NC(=O)c1ncn(-c2ccccc2)n1)C(=O)O. The molecule has 2 N–H and O–H groups in total. The number of hydrogen-bond acceptors (Lipinski definition) is 5. The van der Waals surface area contributed by atoms with Crippen LogP contribution in [0.1, 0.15) is 17.0 Å². The summed E-state index contributed by atoms with van der Waals surface area (Å²) in [7, 11) is 1.46. The molecule has 8 nitrogen and oxygen atoms in total. The first-order valence-corrected chi connectivity index (χ1v) is 6.61. The predicted octanol–water partition coefficient (Wildman–Crippen LogP) is 0.487. The van der Waals surface area contributed by atoms with Crippen LogP contribution in [0.2, 0.25) is 0 Å². The Morgan fingerprint density at radius 2 is 2.09 bits per heavy atom. The molecule has 0 bridgehead atoms. The Bertz CT molecular complexity index is 641. The molecule has 1 aromatic carbocycles. The maximum absolute atomic E-state index is 12.0. The minimum absolute atomic E-state index is 0.0903. The molecule has 116 valence electrons. The van der Waals surface area contributed by atoms with Crippen LogP contribution in [0.15, 0.2) is 36.7 Å². The Morgan fingerprint density at radius 3 is 2.73 bits per heavy atom. The van der Waals surface area contributed by atoms with E-state index in [1.54, 1.807) is 0 Å². The Balaban J connectivity index is 2.06. The van der Waals surface area contributed by atoms with E-state index in [1.165, 1.54) is 18.1 Å². The number of benzene rings is 1. The maximum atomic E-state index is 12.0. The van der Waals surface area contributed by atoms with Crippen LogP contribution in [0.5, 0.6) is 0 Å². The summed E-state index contributed by atoms with van der Waals surface area (Å²) >= 11 is 0. The van der Waals surface area contributed by atoms with Crippen LogP contribution in [0.25, 0.3) is 5.69 Å². The first kappa shape index (κ1) is 15.6. The summed E-state index contributed by atoms with van der Waals surface area (Å²) in [4.78, 5) is 27.0. The lowest BCUT2D eigenvalue weighted by Crippen LogP contribution is -2.41. The van der Waals surface area contributed by atoms with Crippen LogP contribution >= 0.6 is 0 Å². The van der Waals surface area contributed by atoms with E-state index in [0.717, 1.165) is 5.69 Å². The Labute approximate surface area is 126 Å². The van der Waals surface area contributed by atoms with Gasteiger partial charge in [0.1, 0.15) is 12.4 Å². The summed E-state index contributed by atoms with van der Waals surface area (Å²) < 4.78 is 6.27. The third-order valence-electron chi connectivity index (χ3n) is 2.93. The Hall–Kier alpha value is -2.74. The largest absolute Gasteiger partial charge is 0.480 e. The molecule has 0 fully saturated rings. The molecule has 2 rings (SSSR count). The van der Waals surface area contributed by atoms with Crippen LogP contribution in [-0.4, -0.2) is 51.5 Å². The molecule has 0 aliphatic carbocycles. The molecular weight excluding hydrogens is 288 g/mol. The number of carbonyl (C=O) groups is 2. The second-order valence-corrected chi connectivity index (χ2v) is 4.49. The van der Waals surface area contributed by atoms with Gasteiger partial charge in [0.05, 0.1) is 5.69 Å². The summed E-state index contributed by atoms with van der Waals surface area (Å²) in [5.41, 5.74) is 0.753. The number of amides is 1. The van der Waals surface area contributed by atoms with Crippen LogP contribution in [0.3, 0.4) is 0 Å². The van der Waals surface area contributed by atoms with E-state index in [1.807, 2.05) is 30.3 Å². The molecule has 0 aliphatic heterocycles. The molecule has 0 aliphatic rings. The van der Waals surface area contributed by atoms with Crippen LogP contribution in [0.4, 0.5) is 0 Å². The van der Waals surface area contributed by atoms with E-state index in [0.29, 0.717) is 0 Å². The summed E-state index contributed by atoms with van der Waals surface area (Å²) in [5, 5.41) is 15.5. The van der Waals surface area contributed by atoms with Crippen molar-refractivity contribution in [2.75, 3.05) is 13.7 Å². The van der Waals surface area contributed by atoms with Crippen molar-refractivity contribution in [1.29, 1.82) is 0 Å². The van der Waals surface area contributed by atoms with Gasteiger partial charge in [0.15, 0.2) is 0 Å². The van der Waals surface area contributed by atoms with Crippen molar-refractivity contribution >= 4 is 11.9 Å². The van der Waals surface area contributed by atoms with Crippen molar-refractivity contribution in [1.82, 2.24) is 20.1 Å². The van der Waals surface area contributed by atoms with E-state index in [9.17, 15) is 9.59 Å². The second-order valence-electron chi connectivity index (χ2n) is 4.49. The van der Waals surface area contributed by atoms with Crippen molar-refractivity contribution in [3.05, 3.63) is 42.5 Å².